The molecule has 0 amide bonds. The topological polar surface area (TPSA) is 37.4 Å². The standard InChI is InChI=1S/C24H26BrClN3O.HI/c1-15(28-30-10-9-29(2,3)4)24-20-7-5-18(25)11-16(20)13-21(24)23-14-17-12-19(26)6-8-22(17)27-23;/h5-8,11-12,14,27H,9-10,13H2,1-4H3;1H/q+1;/p-1/b28-15+;. The Bertz CT molecular complexity index is 1180. The Kier molecular flexibility index (Phi) is 7.56. The summed E-state index contributed by atoms with van der Waals surface area (Å²) in [5.41, 5.74) is 7.92. The van der Waals surface area contributed by atoms with Crippen LogP contribution in [0.5, 0.6) is 0 Å². The molecule has 0 saturated carbocycles. The smallest absolute Gasteiger partial charge is 0.165 e. The van der Waals surface area contributed by atoms with Gasteiger partial charge in [-0.1, -0.05) is 38.8 Å². The van der Waals surface area contributed by atoms with E-state index in [9.17, 15) is 0 Å². The maximum atomic E-state index is 6.19. The third-order valence-corrected chi connectivity index (χ3v) is 6.06. The zero-order chi connectivity index (χ0) is 21.5. The fraction of sp³-hybridized carbons (Fsp3) is 0.292. The number of benzene rings is 2. The van der Waals surface area contributed by atoms with Crippen LogP contribution in [-0.4, -0.2) is 49.5 Å². The molecule has 7 heteroatoms. The molecule has 0 fully saturated rings. The van der Waals surface area contributed by atoms with Crippen molar-refractivity contribution in [2.75, 3.05) is 34.3 Å². The van der Waals surface area contributed by atoms with Crippen molar-refractivity contribution < 1.29 is 33.3 Å². The van der Waals surface area contributed by atoms with Gasteiger partial charge in [-0.25, -0.2) is 0 Å². The van der Waals surface area contributed by atoms with Gasteiger partial charge in [-0.3, -0.25) is 0 Å². The number of aromatic nitrogens is 1. The van der Waals surface area contributed by atoms with Gasteiger partial charge in [-0.2, -0.15) is 0 Å². The number of hydrogen-bond donors (Lipinski definition) is 1. The second-order valence-electron chi connectivity index (χ2n) is 8.77. The highest BCUT2D eigenvalue weighted by Crippen LogP contribution is 2.41. The van der Waals surface area contributed by atoms with Gasteiger partial charge < -0.3 is 38.3 Å². The summed E-state index contributed by atoms with van der Waals surface area (Å²) in [6.45, 7) is 3.51. The number of quaternary nitrogens is 1. The van der Waals surface area contributed by atoms with E-state index >= 15 is 0 Å². The highest BCUT2D eigenvalue weighted by molar-refractivity contribution is 9.10. The van der Waals surface area contributed by atoms with E-state index < -0.39 is 0 Å². The van der Waals surface area contributed by atoms with Crippen molar-refractivity contribution in [3.8, 4) is 0 Å². The first-order chi connectivity index (χ1) is 14.2. The highest BCUT2D eigenvalue weighted by Gasteiger charge is 2.26. The van der Waals surface area contributed by atoms with Crippen molar-refractivity contribution in [1.29, 1.82) is 0 Å². The lowest BCUT2D eigenvalue weighted by Gasteiger charge is -2.22. The number of rotatable bonds is 6. The molecule has 31 heavy (non-hydrogen) atoms. The van der Waals surface area contributed by atoms with Crippen LogP contribution in [0.15, 0.2) is 52.1 Å². The molecule has 1 heterocycles. The number of nitrogens with zero attached hydrogens (tertiary/aromatic N) is 2. The molecule has 2 aromatic carbocycles. The lowest BCUT2D eigenvalue weighted by atomic mass is 10.0. The van der Waals surface area contributed by atoms with Crippen molar-refractivity contribution in [3.05, 3.63) is 68.8 Å². The molecule has 0 unspecified atom stereocenters. The fourth-order valence-corrected chi connectivity index (χ4v) is 4.39. The number of fused-ring (bicyclic) bond motifs is 2. The summed E-state index contributed by atoms with van der Waals surface area (Å²) in [6.07, 6.45) is 0.844. The van der Waals surface area contributed by atoms with Crippen LogP contribution in [-0.2, 0) is 11.3 Å². The quantitative estimate of drug-likeness (QED) is 0.150. The first-order valence-electron chi connectivity index (χ1n) is 9.99. The maximum absolute atomic E-state index is 6.19. The molecule has 0 bridgehead atoms. The van der Waals surface area contributed by atoms with Crippen molar-refractivity contribution in [1.82, 2.24) is 4.98 Å². The highest BCUT2D eigenvalue weighted by atomic mass is 127. The zero-order valence-electron chi connectivity index (χ0n) is 18.1. The minimum Gasteiger partial charge on any atom is -1.00 e. The normalized spacial score (nSPS) is 14.1. The SMILES string of the molecule is C/C(=N\OCC[N+](C)(C)C)C1=C(c2cc3cc(Cl)ccc3[nH]2)Cc2cc(Br)ccc21.[I-]. The van der Waals surface area contributed by atoms with Gasteiger partial charge in [0, 0.05) is 38.1 Å². The summed E-state index contributed by atoms with van der Waals surface area (Å²) >= 11 is 9.80. The predicted molar refractivity (Wildman–Crippen MR) is 130 cm³/mol. The lowest BCUT2D eigenvalue weighted by molar-refractivity contribution is -0.870. The van der Waals surface area contributed by atoms with Crippen molar-refractivity contribution >= 4 is 55.3 Å². The second kappa shape index (κ2) is 9.65. The molecule has 1 N–H and O–H groups in total. The number of allylic oxidation sites excluding steroid dienone is 2. The van der Waals surface area contributed by atoms with Crippen LogP contribution >= 0.6 is 27.5 Å². The Morgan fingerprint density at radius 1 is 1.16 bits per heavy atom. The van der Waals surface area contributed by atoms with E-state index in [-0.39, 0.29) is 24.0 Å². The minimum absolute atomic E-state index is 0. The summed E-state index contributed by atoms with van der Waals surface area (Å²) < 4.78 is 1.93. The van der Waals surface area contributed by atoms with Crippen LogP contribution in [0.4, 0.5) is 0 Å². The molecule has 0 radical (unpaired) electrons. The average molecular weight is 615 g/mol. The first kappa shape index (κ1) is 24.3. The number of likely N-dealkylation sites (N-methyl/N-ethyl adjacent to an activating group) is 1. The van der Waals surface area contributed by atoms with Gasteiger partial charge >= 0.3 is 0 Å². The molecule has 0 aliphatic heterocycles. The van der Waals surface area contributed by atoms with Gasteiger partial charge in [0.25, 0.3) is 0 Å². The van der Waals surface area contributed by atoms with Crippen LogP contribution in [0.1, 0.15) is 23.7 Å². The monoisotopic (exact) mass is 613 g/mol. The van der Waals surface area contributed by atoms with Crippen LogP contribution in [0.3, 0.4) is 0 Å². The van der Waals surface area contributed by atoms with Crippen LogP contribution in [0, 0.1) is 0 Å². The van der Waals surface area contributed by atoms with Crippen molar-refractivity contribution in [2.24, 2.45) is 5.16 Å². The zero-order valence-corrected chi connectivity index (χ0v) is 22.6. The van der Waals surface area contributed by atoms with Crippen molar-refractivity contribution in [2.45, 2.75) is 13.3 Å². The second-order valence-corrected chi connectivity index (χ2v) is 10.1. The molecule has 3 aromatic rings. The lowest BCUT2D eigenvalue weighted by Crippen LogP contribution is -3.00. The Hall–Kier alpha value is -1.35. The summed E-state index contributed by atoms with van der Waals surface area (Å²) in [7, 11) is 6.44. The largest absolute Gasteiger partial charge is 1.00 e. The summed E-state index contributed by atoms with van der Waals surface area (Å²) in [5.74, 6) is 0. The Morgan fingerprint density at radius 2 is 1.94 bits per heavy atom. The fourth-order valence-electron chi connectivity index (χ4n) is 3.81. The number of aromatic amines is 1. The van der Waals surface area contributed by atoms with Gasteiger partial charge in [-0.15, -0.1) is 0 Å². The van der Waals surface area contributed by atoms with Gasteiger partial charge in [0.2, 0.25) is 0 Å². The van der Waals surface area contributed by atoms with E-state index in [1.807, 2.05) is 25.1 Å². The molecule has 1 aromatic heterocycles. The van der Waals surface area contributed by atoms with Gasteiger partial charge in [-0.05, 0) is 60.0 Å². The Balaban J connectivity index is 0.00000272. The van der Waals surface area contributed by atoms with Crippen LogP contribution < -0.4 is 24.0 Å². The van der Waals surface area contributed by atoms with Gasteiger partial charge in [0.1, 0.15) is 6.54 Å². The molecule has 0 saturated heterocycles. The van der Waals surface area contributed by atoms with E-state index in [1.54, 1.807) is 0 Å². The molecular formula is C24H26BrClIN3O. The number of nitrogens with one attached hydrogen (secondary N) is 1. The molecule has 4 nitrogen and oxygen atoms in total. The molecule has 1 aliphatic carbocycles. The predicted octanol–water partition coefficient (Wildman–Crippen LogP) is 3.15. The molecule has 164 valence electrons. The Labute approximate surface area is 214 Å². The molecule has 4 rings (SSSR count). The number of oxime groups is 1. The van der Waals surface area contributed by atoms with E-state index in [2.05, 4.69) is 71.5 Å². The third kappa shape index (κ3) is 5.53. The number of halogens is 3. The van der Waals surface area contributed by atoms with E-state index in [0.717, 1.165) is 54.8 Å². The number of H-pyrrole nitrogens is 1. The molecule has 1 aliphatic rings. The van der Waals surface area contributed by atoms with Crippen LogP contribution in [0.2, 0.25) is 5.02 Å². The summed E-state index contributed by atoms with van der Waals surface area (Å²) in [6, 6.07) is 14.5. The molecule has 0 atom stereocenters. The Morgan fingerprint density at radius 3 is 2.68 bits per heavy atom. The third-order valence-electron chi connectivity index (χ3n) is 5.33. The molecule has 0 spiro atoms. The van der Waals surface area contributed by atoms with E-state index in [0.29, 0.717) is 6.61 Å². The maximum Gasteiger partial charge on any atom is 0.165 e. The summed E-state index contributed by atoms with van der Waals surface area (Å²) in [5, 5.41) is 6.32. The van der Waals surface area contributed by atoms with Crippen LogP contribution in [0.25, 0.3) is 22.0 Å². The van der Waals surface area contributed by atoms with Gasteiger partial charge in [0.15, 0.2) is 6.61 Å². The summed E-state index contributed by atoms with van der Waals surface area (Å²) in [4.78, 5) is 9.24. The molecular weight excluding hydrogens is 589 g/mol. The van der Waals surface area contributed by atoms with E-state index in [1.165, 1.54) is 16.7 Å². The average Bonchev–Trinajstić information content (AvgIpc) is 3.24. The van der Waals surface area contributed by atoms with Crippen molar-refractivity contribution in [3.63, 3.8) is 0 Å². The van der Waals surface area contributed by atoms with E-state index in [4.69, 9.17) is 16.4 Å². The van der Waals surface area contributed by atoms with Gasteiger partial charge in [0.05, 0.1) is 26.9 Å². The number of hydrogen-bond acceptors (Lipinski definition) is 2. The minimum atomic E-state index is 0. The first-order valence-corrected chi connectivity index (χ1v) is 11.2.